The van der Waals surface area contributed by atoms with Crippen LogP contribution in [0.2, 0.25) is 15.2 Å². The third kappa shape index (κ3) is 3.75. The molecule has 0 bridgehead atoms. The van der Waals surface area contributed by atoms with Crippen LogP contribution in [0.4, 0.5) is 5.82 Å². The molecule has 0 saturated heterocycles. The second-order valence-corrected chi connectivity index (χ2v) is 5.65. The fraction of sp³-hybridized carbons (Fsp3) is 0.286. The Hall–Kier alpha value is -1.03. The van der Waals surface area contributed by atoms with Gasteiger partial charge in [-0.25, -0.2) is 9.97 Å². The monoisotopic (exact) mass is 329 g/mol. The number of aryl methyl sites for hydroxylation is 2. The predicted molar refractivity (Wildman–Crippen MR) is 85.2 cm³/mol. The van der Waals surface area contributed by atoms with Gasteiger partial charge in [0, 0.05) is 16.6 Å². The predicted octanol–water partition coefficient (Wildman–Crippen LogP) is 4.71. The third-order valence-electron chi connectivity index (χ3n) is 2.97. The molecular weight excluding hydrogens is 317 g/mol. The Balaban J connectivity index is 2.01. The summed E-state index contributed by atoms with van der Waals surface area (Å²) in [4.78, 5) is 8.61. The molecule has 0 amide bonds. The second kappa shape index (κ2) is 6.61. The van der Waals surface area contributed by atoms with Crippen LogP contribution in [0.3, 0.4) is 0 Å². The summed E-state index contributed by atoms with van der Waals surface area (Å²) in [5.74, 6) is 0.597. The molecule has 0 aliphatic carbocycles. The van der Waals surface area contributed by atoms with Gasteiger partial charge in [-0.05, 0) is 38.0 Å². The molecule has 20 heavy (non-hydrogen) atoms. The van der Waals surface area contributed by atoms with E-state index in [1.807, 2.05) is 26.0 Å². The number of hydrogen-bond acceptors (Lipinski definition) is 3. The lowest BCUT2D eigenvalue weighted by molar-refractivity contribution is 0.978. The van der Waals surface area contributed by atoms with Crippen LogP contribution in [0.1, 0.15) is 17.0 Å². The van der Waals surface area contributed by atoms with Gasteiger partial charge < -0.3 is 5.32 Å². The summed E-state index contributed by atoms with van der Waals surface area (Å²) in [6.07, 6.45) is 0.751. The summed E-state index contributed by atoms with van der Waals surface area (Å²) in [5, 5.41) is 4.86. The van der Waals surface area contributed by atoms with E-state index in [0.29, 0.717) is 27.6 Å². The Bertz CT molecular complexity index is 629. The number of benzene rings is 1. The van der Waals surface area contributed by atoms with Crippen LogP contribution < -0.4 is 5.32 Å². The molecule has 106 valence electrons. The molecule has 1 aromatic heterocycles. The lowest BCUT2D eigenvalue weighted by Crippen LogP contribution is -2.09. The lowest BCUT2D eigenvalue weighted by atomic mass is 10.1. The van der Waals surface area contributed by atoms with Crippen molar-refractivity contribution in [3.05, 3.63) is 50.3 Å². The van der Waals surface area contributed by atoms with Gasteiger partial charge in [0.1, 0.15) is 0 Å². The number of halogens is 3. The number of nitrogens with one attached hydrogen (secondary N) is 1. The van der Waals surface area contributed by atoms with Gasteiger partial charge in [0.2, 0.25) is 0 Å². The summed E-state index contributed by atoms with van der Waals surface area (Å²) in [5.41, 5.74) is 2.72. The lowest BCUT2D eigenvalue weighted by Gasteiger charge is -2.10. The average Bonchev–Trinajstić information content (AvgIpc) is 2.38. The van der Waals surface area contributed by atoms with Crippen molar-refractivity contribution in [1.29, 1.82) is 0 Å². The van der Waals surface area contributed by atoms with Crippen molar-refractivity contribution in [2.24, 2.45) is 0 Å². The first-order valence-corrected chi connectivity index (χ1v) is 7.29. The molecule has 3 nitrogen and oxygen atoms in total. The van der Waals surface area contributed by atoms with Crippen molar-refractivity contribution in [3.8, 4) is 0 Å². The summed E-state index contributed by atoms with van der Waals surface area (Å²) < 4.78 is 0. The number of nitrogens with zero attached hydrogens (tertiary/aromatic N) is 2. The van der Waals surface area contributed by atoms with Crippen LogP contribution in [0.15, 0.2) is 18.2 Å². The molecule has 0 aliphatic rings. The van der Waals surface area contributed by atoms with Crippen molar-refractivity contribution < 1.29 is 0 Å². The van der Waals surface area contributed by atoms with Crippen LogP contribution in [0.5, 0.6) is 0 Å². The normalized spacial score (nSPS) is 10.7. The maximum atomic E-state index is 6.12. The van der Waals surface area contributed by atoms with Crippen LogP contribution in [0.25, 0.3) is 0 Å². The van der Waals surface area contributed by atoms with E-state index in [1.54, 1.807) is 6.07 Å². The molecule has 0 radical (unpaired) electrons. The smallest absolute Gasteiger partial charge is 0.171 e. The molecule has 1 heterocycles. The van der Waals surface area contributed by atoms with E-state index in [9.17, 15) is 0 Å². The summed E-state index contributed by atoms with van der Waals surface area (Å²) in [6.45, 7) is 4.45. The number of anilines is 1. The molecule has 0 spiro atoms. The highest BCUT2D eigenvalue weighted by Crippen LogP contribution is 2.22. The van der Waals surface area contributed by atoms with Gasteiger partial charge >= 0.3 is 0 Å². The topological polar surface area (TPSA) is 37.8 Å². The standard InChI is InChI=1S/C14H14Cl3N3/c1-8-9(2)20-14(13(17)19-8)18-6-5-10-3-4-11(15)7-12(10)16/h3-4,7H,5-6H2,1-2H3,(H,18,20). The molecule has 2 rings (SSSR count). The zero-order valence-corrected chi connectivity index (χ0v) is 13.4. The Kier molecular flexibility index (Phi) is 5.08. The van der Waals surface area contributed by atoms with Crippen LogP contribution >= 0.6 is 34.8 Å². The molecule has 0 aliphatic heterocycles. The first kappa shape index (κ1) is 15.4. The van der Waals surface area contributed by atoms with E-state index in [1.165, 1.54) is 0 Å². The first-order chi connectivity index (χ1) is 9.47. The largest absolute Gasteiger partial charge is 0.367 e. The van der Waals surface area contributed by atoms with Gasteiger partial charge in [-0.3, -0.25) is 0 Å². The molecule has 0 unspecified atom stereocenters. The van der Waals surface area contributed by atoms with Gasteiger partial charge in [-0.1, -0.05) is 40.9 Å². The highest BCUT2D eigenvalue weighted by atomic mass is 35.5. The van der Waals surface area contributed by atoms with E-state index >= 15 is 0 Å². The average molecular weight is 331 g/mol. The molecule has 0 fully saturated rings. The van der Waals surface area contributed by atoms with Crippen LogP contribution in [0, 0.1) is 13.8 Å². The fourth-order valence-electron chi connectivity index (χ4n) is 1.73. The minimum absolute atomic E-state index is 0.385. The number of hydrogen-bond donors (Lipinski definition) is 1. The van der Waals surface area contributed by atoms with Crippen molar-refractivity contribution in [2.75, 3.05) is 11.9 Å². The van der Waals surface area contributed by atoms with Gasteiger partial charge in [-0.2, -0.15) is 0 Å². The maximum Gasteiger partial charge on any atom is 0.171 e. The zero-order chi connectivity index (χ0) is 14.7. The van der Waals surface area contributed by atoms with E-state index in [2.05, 4.69) is 15.3 Å². The van der Waals surface area contributed by atoms with Crippen LogP contribution in [-0.4, -0.2) is 16.5 Å². The first-order valence-electron chi connectivity index (χ1n) is 6.16. The van der Waals surface area contributed by atoms with Gasteiger partial charge in [0.05, 0.1) is 11.4 Å². The van der Waals surface area contributed by atoms with E-state index in [4.69, 9.17) is 34.8 Å². The molecule has 0 saturated carbocycles. The fourth-order valence-corrected chi connectivity index (χ4v) is 2.47. The van der Waals surface area contributed by atoms with Gasteiger partial charge in [0.25, 0.3) is 0 Å². The van der Waals surface area contributed by atoms with Crippen molar-refractivity contribution in [1.82, 2.24) is 9.97 Å². The number of aromatic nitrogens is 2. The van der Waals surface area contributed by atoms with Crippen LogP contribution in [-0.2, 0) is 6.42 Å². The SMILES string of the molecule is Cc1nc(Cl)c(NCCc2ccc(Cl)cc2Cl)nc1C. The van der Waals surface area contributed by atoms with Crippen molar-refractivity contribution in [3.63, 3.8) is 0 Å². The van der Waals surface area contributed by atoms with Gasteiger partial charge in [0.15, 0.2) is 11.0 Å². The molecular formula is C14H14Cl3N3. The maximum absolute atomic E-state index is 6.12. The third-order valence-corrected chi connectivity index (χ3v) is 3.82. The number of rotatable bonds is 4. The molecule has 1 N–H and O–H groups in total. The Morgan fingerprint density at radius 3 is 2.45 bits per heavy atom. The summed E-state index contributed by atoms with van der Waals surface area (Å²) >= 11 is 18.0. The summed E-state index contributed by atoms with van der Waals surface area (Å²) in [6, 6.07) is 5.48. The van der Waals surface area contributed by atoms with Gasteiger partial charge in [-0.15, -0.1) is 0 Å². The van der Waals surface area contributed by atoms with E-state index in [0.717, 1.165) is 23.4 Å². The highest BCUT2D eigenvalue weighted by molar-refractivity contribution is 6.35. The second-order valence-electron chi connectivity index (χ2n) is 4.45. The quantitative estimate of drug-likeness (QED) is 0.882. The van der Waals surface area contributed by atoms with E-state index < -0.39 is 0 Å². The van der Waals surface area contributed by atoms with Crippen molar-refractivity contribution in [2.45, 2.75) is 20.3 Å². The Labute approximate surface area is 133 Å². The van der Waals surface area contributed by atoms with E-state index in [-0.39, 0.29) is 0 Å². The Morgan fingerprint density at radius 1 is 1.05 bits per heavy atom. The zero-order valence-electron chi connectivity index (χ0n) is 11.2. The Morgan fingerprint density at radius 2 is 1.75 bits per heavy atom. The summed E-state index contributed by atoms with van der Waals surface area (Å²) in [7, 11) is 0. The minimum Gasteiger partial charge on any atom is -0.367 e. The molecule has 2 aromatic rings. The minimum atomic E-state index is 0.385. The molecule has 6 heteroatoms. The highest BCUT2D eigenvalue weighted by Gasteiger charge is 2.07. The molecule has 1 aromatic carbocycles. The molecule has 0 atom stereocenters. The van der Waals surface area contributed by atoms with Crippen molar-refractivity contribution >= 4 is 40.6 Å².